The standard InChI is InChI=1S/C34H41F3N4O6S.C33H39F3N4O6S.C2H4Cl2/c1-4-6-7-17-47-29-22-27(21-28(23-29)34(35,36)37)30-39-32(43)33(40-30)11-14-41(15-12-33)48(44,45)19-10-25-8-9-26(20-24(25)3)31(42)38-13-18-46-16-5-2;1-23-19-25-8-7-24(23)9-18-47(43,44)40-12-10-32(11-13-40)31(42)37-29(38-32)26-20-27(33(34,35)36)22-28(21-26)46-16-6-4-3-5-15-45-17-14-39(2)30(25)41;3-1-2-4/h4-5,8-9,20-23H,1-2,6-7,10-19H2,3H3,(H,38,42)(H,39,40,43);3,5,7-8,19-22H,4,6,9-18H2,1-2H3,(H,37,38,42);1-2H2/b;5-3+;. The van der Waals surface area contributed by atoms with Gasteiger partial charge in [0.1, 0.15) is 34.2 Å². The number of fused-ring (bicyclic) bond motifs is 2. The van der Waals surface area contributed by atoms with Crippen LogP contribution in [0.25, 0.3) is 0 Å². The van der Waals surface area contributed by atoms with Gasteiger partial charge in [0.25, 0.3) is 23.6 Å². The van der Waals surface area contributed by atoms with Crippen LogP contribution in [0.2, 0.25) is 0 Å². The van der Waals surface area contributed by atoms with Gasteiger partial charge in [-0.25, -0.2) is 25.4 Å². The molecule has 30 heteroatoms. The molecule has 20 nitrogen and oxygen atoms in total. The van der Waals surface area contributed by atoms with Crippen molar-refractivity contribution in [3.05, 3.63) is 166 Å². The average Bonchev–Trinajstić information content (AvgIpc) is 1.63. The monoisotopic (exact) mass is 1460 g/mol. The molecule has 0 atom stereocenters. The predicted molar refractivity (Wildman–Crippen MR) is 368 cm³/mol. The minimum atomic E-state index is -4.65. The fourth-order valence-electron chi connectivity index (χ4n) is 11.4. The Bertz CT molecular complexity index is 3860. The Kier molecular flexibility index (Phi) is 28.7. The van der Waals surface area contributed by atoms with Crippen LogP contribution in [0.5, 0.6) is 11.5 Å². The van der Waals surface area contributed by atoms with E-state index in [9.17, 15) is 62.4 Å². The van der Waals surface area contributed by atoms with Crippen LogP contribution < -0.4 is 25.4 Å². The number of hydrogen-bond acceptors (Lipinski definition) is 14. The number of nitrogens with zero attached hydrogens (tertiary/aromatic N) is 5. The van der Waals surface area contributed by atoms with E-state index in [-0.39, 0.29) is 136 Å². The summed E-state index contributed by atoms with van der Waals surface area (Å²) in [6.45, 7) is 13.5. The molecule has 0 radical (unpaired) electrons. The lowest BCUT2D eigenvalue weighted by Gasteiger charge is -2.34. The predicted octanol–water partition coefficient (Wildman–Crippen LogP) is 10.2. The lowest BCUT2D eigenvalue weighted by Crippen LogP contribution is -2.50. The number of carbonyl (C=O) groups is 4. The molecule has 0 aliphatic carbocycles. The number of rotatable bonds is 17. The third-order valence-electron chi connectivity index (χ3n) is 17.1. The number of alkyl halides is 8. The van der Waals surface area contributed by atoms with Gasteiger partial charge in [-0.05, 0) is 161 Å². The summed E-state index contributed by atoms with van der Waals surface area (Å²) in [7, 11) is -5.72. The Labute approximate surface area is 584 Å². The molecule has 7 bridgehead atoms. The van der Waals surface area contributed by atoms with Crippen molar-refractivity contribution in [1.82, 2.24) is 29.5 Å². The van der Waals surface area contributed by atoms with Crippen molar-refractivity contribution in [2.45, 2.75) is 101 Å². The number of benzene rings is 4. The Morgan fingerprint density at radius 1 is 0.768 bits per heavy atom. The summed E-state index contributed by atoms with van der Waals surface area (Å²) in [5.74, 6) is -0.609. The maximum Gasteiger partial charge on any atom is 0.416 e. The minimum Gasteiger partial charge on any atom is -0.494 e. The molecule has 0 unspecified atom stereocenters. The van der Waals surface area contributed by atoms with E-state index in [1.165, 1.54) is 20.7 Å². The molecule has 7 aliphatic rings. The molecule has 2 spiro atoms. The van der Waals surface area contributed by atoms with E-state index in [1.54, 1.807) is 60.5 Å². The summed E-state index contributed by atoms with van der Waals surface area (Å²) < 4.78 is 160. The first kappa shape index (κ1) is 79.1. The fraction of sp³-hybridized carbons (Fsp3) is 0.478. The third-order valence-corrected chi connectivity index (χ3v) is 21.4. The molecular formula is C69H84Cl2F6N8O12S2. The first-order valence-corrected chi connectivity index (χ1v) is 36.6. The van der Waals surface area contributed by atoms with Crippen molar-refractivity contribution in [3.8, 4) is 11.5 Å². The molecule has 11 rings (SSSR count). The number of sulfonamides is 2. The molecule has 4 amide bonds. The van der Waals surface area contributed by atoms with E-state index in [4.69, 9.17) is 42.1 Å². The third kappa shape index (κ3) is 22.2. The maximum absolute atomic E-state index is 13.8. The molecule has 7 heterocycles. The number of amides is 4. The molecule has 2 fully saturated rings. The van der Waals surface area contributed by atoms with Gasteiger partial charge in [0.05, 0.1) is 62.3 Å². The highest BCUT2D eigenvalue weighted by atomic mass is 35.5. The fourth-order valence-corrected chi connectivity index (χ4v) is 14.3. The zero-order valence-electron chi connectivity index (χ0n) is 55.5. The lowest BCUT2D eigenvalue weighted by atomic mass is 9.89. The maximum atomic E-state index is 13.8. The first-order valence-electron chi connectivity index (χ1n) is 32.3. The molecule has 4 aromatic carbocycles. The average molecular weight is 1470 g/mol. The van der Waals surface area contributed by atoms with Gasteiger partial charge < -0.3 is 39.8 Å². The van der Waals surface area contributed by atoms with Crippen molar-refractivity contribution in [2.24, 2.45) is 9.98 Å². The number of ether oxygens (including phenoxy) is 4. The second kappa shape index (κ2) is 35.9. The highest BCUT2D eigenvalue weighted by molar-refractivity contribution is 7.89. The number of unbranched alkanes of at least 4 members (excludes halogenated alkanes) is 1. The topological polar surface area (TPSA) is 244 Å². The molecule has 2 saturated heterocycles. The van der Waals surface area contributed by atoms with Gasteiger partial charge in [-0.3, -0.25) is 29.2 Å². The number of aliphatic imine (C=N–C) groups is 2. The second-order valence-electron chi connectivity index (χ2n) is 24.1. The Morgan fingerprint density at radius 2 is 1.40 bits per heavy atom. The summed E-state index contributed by atoms with van der Waals surface area (Å²) in [5, 5.41) is 8.02. The van der Waals surface area contributed by atoms with Gasteiger partial charge in [0, 0.05) is 80.3 Å². The van der Waals surface area contributed by atoms with Crippen LogP contribution in [0.3, 0.4) is 0 Å². The van der Waals surface area contributed by atoms with Gasteiger partial charge >= 0.3 is 12.4 Å². The Morgan fingerprint density at radius 3 is 2.01 bits per heavy atom. The van der Waals surface area contributed by atoms with Crippen LogP contribution in [0.4, 0.5) is 26.3 Å². The number of likely N-dealkylation sites (N-methyl/N-ethyl adjacent to an activating group) is 1. The van der Waals surface area contributed by atoms with Gasteiger partial charge in [0.2, 0.25) is 20.0 Å². The number of aryl methyl sites for hydroxylation is 4. The first-order chi connectivity index (χ1) is 47.0. The van der Waals surface area contributed by atoms with E-state index in [0.29, 0.717) is 88.1 Å². The number of allylic oxidation sites excluding steroid dienone is 2. The van der Waals surface area contributed by atoms with Crippen molar-refractivity contribution < 1.29 is 81.3 Å². The normalized spacial score (nSPS) is 20.3. The summed E-state index contributed by atoms with van der Waals surface area (Å²) in [6.07, 6.45) is 0.910. The number of carbonyl (C=O) groups excluding carboxylic acids is 4. The van der Waals surface area contributed by atoms with Gasteiger partial charge in [0.15, 0.2) is 0 Å². The van der Waals surface area contributed by atoms with E-state index < -0.39 is 66.4 Å². The number of halogens is 8. The molecule has 540 valence electrons. The van der Waals surface area contributed by atoms with Crippen LogP contribution in [0.1, 0.15) is 117 Å². The number of piperidine rings is 2. The molecule has 0 saturated carbocycles. The summed E-state index contributed by atoms with van der Waals surface area (Å²) >= 11 is 10.1. The highest BCUT2D eigenvalue weighted by Gasteiger charge is 2.49. The Hall–Kier alpha value is -7.18. The smallest absolute Gasteiger partial charge is 0.416 e. The van der Waals surface area contributed by atoms with E-state index in [0.717, 1.165) is 46.5 Å². The van der Waals surface area contributed by atoms with Crippen LogP contribution in [0.15, 0.2) is 120 Å². The zero-order chi connectivity index (χ0) is 72.2. The molecular weight excluding hydrogens is 1380 g/mol. The van der Waals surface area contributed by atoms with Crippen LogP contribution in [-0.2, 0) is 64.3 Å². The van der Waals surface area contributed by atoms with Crippen molar-refractivity contribution in [2.75, 3.05) is 109 Å². The van der Waals surface area contributed by atoms with Crippen LogP contribution >= 0.6 is 23.2 Å². The number of amidine groups is 2. The molecule has 0 aromatic heterocycles. The van der Waals surface area contributed by atoms with Crippen molar-refractivity contribution in [1.29, 1.82) is 0 Å². The molecule has 4 aromatic rings. The van der Waals surface area contributed by atoms with E-state index in [2.05, 4.69) is 39.1 Å². The van der Waals surface area contributed by atoms with Gasteiger partial charge in [-0.2, -0.15) is 26.3 Å². The zero-order valence-corrected chi connectivity index (χ0v) is 58.7. The minimum absolute atomic E-state index is 0.000789. The summed E-state index contributed by atoms with van der Waals surface area (Å²) in [5.41, 5.74) is -0.178. The van der Waals surface area contributed by atoms with Crippen molar-refractivity contribution >= 4 is 78.5 Å². The largest absolute Gasteiger partial charge is 0.494 e. The highest BCUT2D eigenvalue weighted by Crippen LogP contribution is 2.39. The van der Waals surface area contributed by atoms with E-state index >= 15 is 0 Å². The number of nitrogens with one attached hydrogen (secondary N) is 3. The Balaban J connectivity index is 0.000000264. The van der Waals surface area contributed by atoms with E-state index in [1.807, 2.05) is 26.0 Å². The van der Waals surface area contributed by atoms with Crippen molar-refractivity contribution in [3.63, 3.8) is 0 Å². The molecule has 3 N–H and O–H groups in total. The lowest BCUT2D eigenvalue weighted by molar-refractivity contribution is -0.138. The molecule has 7 aliphatic heterocycles. The van der Waals surface area contributed by atoms with Gasteiger partial charge in [-0.1, -0.05) is 36.4 Å². The van der Waals surface area contributed by atoms with Gasteiger partial charge in [-0.15, -0.1) is 36.4 Å². The number of hydrogen-bond donors (Lipinski definition) is 3. The second-order valence-corrected chi connectivity index (χ2v) is 29.1. The SMILES string of the molecule is C=CCCCOc1cc(C2=NC3(CCN(S(=O)(=O)CCc4ccc(C(=O)NCCOCC=C)cc4C)CC3)C(=O)N2)cc(C(F)(F)F)c1.Cc1cc2ccc1CCS(=O)(=O)N1CCC3(CC1)N=C(NC3=O)c1cc(cc(C(F)(F)F)c1)OCCC/C=C/COCCN(C)C2=O.ClCCCl. The van der Waals surface area contributed by atoms with Crippen LogP contribution in [0, 0.1) is 13.8 Å². The van der Waals surface area contributed by atoms with Crippen LogP contribution in [-0.4, -0.2) is 186 Å². The quantitative estimate of drug-likeness (QED) is 0.0387. The summed E-state index contributed by atoms with van der Waals surface area (Å²) in [4.78, 5) is 62.3. The summed E-state index contributed by atoms with van der Waals surface area (Å²) in [6, 6.07) is 16.8. The molecule has 99 heavy (non-hydrogen) atoms.